The molecule has 1 atom stereocenters. The summed E-state index contributed by atoms with van der Waals surface area (Å²) in [5.74, 6) is 0.0688. The molecule has 2 saturated heterocycles. The van der Waals surface area contributed by atoms with Crippen LogP contribution in [0, 0.1) is 6.92 Å². The summed E-state index contributed by atoms with van der Waals surface area (Å²) in [5, 5.41) is 0. The van der Waals surface area contributed by atoms with Crippen LogP contribution in [0.3, 0.4) is 0 Å². The maximum atomic E-state index is 13.3. The second-order valence-corrected chi connectivity index (χ2v) is 9.32. The Balaban J connectivity index is 1.26. The van der Waals surface area contributed by atoms with Gasteiger partial charge in [0.25, 0.3) is 11.8 Å². The number of piperidine rings is 1. The molecule has 5 rings (SSSR count). The van der Waals surface area contributed by atoms with E-state index in [2.05, 4.69) is 14.9 Å². The van der Waals surface area contributed by atoms with Crippen LogP contribution in [-0.2, 0) is 4.74 Å². The number of hydrogen-bond donors (Lipinski definition) is 0. The molecule has 1 spiro atoms. The third-order valence-corrected chi connectivity index (χ3v) is 7.02. The molecular weight excluding hydrogens is 404 g/mol. The number of carbonyl (C=O) groups excluding carboxylic acids is 2. The van der Waals surface area contributed by atoms with Gasteiger partial charge in [0.05, 0.1) is 17.5 Å². The average Bonchev–Trinajstić information content (AvgIpc) is 3.66. The van der Waals surface area contributed by atoms with E-state index in [4.69, 9.17) is 4.74 Å². The van der Waals surface area contributed by atoms with Crippen LogP contribution in [0.4, 0.5) is 0 Å². The summed E-state index contributed by atoms with van der Waals surface area (Å²) in [6, 6.07) is 10.2. The molecule has 32 heavy (non-hydrogen) atoms. The summed E-state index contributed by atoms with van der Waals surface area (Å²) in [6.07, 6.45) is 8.64. The first-order chi connectivity index (χ1) is 15.5. The summed E-state index contributed by atoms with van der Waals surface area (Å²) < 4.78 is 6.32. The molecule has 7 heteroatoms. The summed E-state index contributed by atoms with van der Waals surface area (Å²) in [7, 11) is 0. The smallest absolute Gasteiger partial charge is 0.274 e. The molecule has 2 aliphatic heterocycles. The minimum absolute atomic E-state index is 0.0708. The summed E-state index contributed by atoms with van der Waals surface area (Å²) in [5.41, 5.74) is 1.69. The van der Waals surface area contributed by atoms with Crippen molar-refractivity contribution < 1.29 is 14.3 Å². The quantitative estimate of drug-likeness (QED) is 0.738. The molecule has 168 valence electrons. The van der Waals surface area contributed by atoms with Gasteiger partial charge in [-0.3, -0.25) is 14.6 Å². The number of hydrogen-bond acceptors (Lipinski definition) is 5. The zero-order valence-electron chi connectivity index (χ0n) is 18.6. The van der Waals surface area contributed by atoms with E-state index >= 15 is 0 Å². The van der Waals surface area contributed by atoms with E-state index in [1.54, 1.807) is 12.4 Å². The minimum Gasteiger partial charge on any atom is -0.375 e. The van der Waals surface area contributed by atoms with Gasteiger partial charge in [-0.1, -0.05) is 18.2 Å². The van der Waals surface area contributed by atoms with Crippen molar-refractivity contribution in [1.29, 1.82) is 0 Å². The van der Waals surface area contributed by atoms with Crippen LogP contribution >= 0.6 is 0 Å². The highest BCUT2D eigenvalue weighted by molar-refractivity contribution is 5.95. The third kappa shape index (κ3) is 4.26. The SMILES string of the molecule is Cc1cnc(C(=O)N2CCC3(CC2)CC(N(C(=O)c2ccccc2)C2CC2)CCO3)cn1. The summed E-state index contributed by atoms with van der Waals surface area (Å²) in [4.78, 5) is 38.6. The molecule has 3 heterocycles. The Morgan fingerprint density at radius 3 is 2.44 bits per heavy atom. The fraction of sp³-hybridized carbons (Fsp3) is 0.520. The molecule has 0 bridgehead atoms. The number of rotatable bonds is 4. The monoisotopic (exact) mass is 434 g/mol. The van der Waals surface area contributed by atoms with E-state index in [-0.39, 0.29) is 23.5 Å². The molecule has 1 aromatic carbocycles. The van der Waals surface area contributed by atoms with Crippen LogP contribution in [0.15, 0.2) is 42.7 Å². The van der Waals surface area contributed by atoms with Gasteiger partial charge in [0.1, 0.15) is 5.69 Å². The first-order valence-corrected chi connectivity index (χ1v) is 11.6. The number of amides is 2. The van der Waals surface area contributed by atoms with Crippen molar-refractivity contribution in [2.45, 2.75) is 63.1 Å². The van der Waals surface area contributed by atoms with Crippen molar-refractivity contribution in [2.24, 2.45) is 0 Å². The predicted octanol–water partition coefficient (Wildman–Crippen LogP) is 3.24. The van der Waals surface area contributed by atoms with Gasteiger partial charge in [-0.2, -0.15) is 0 Å². The zero-order chi connectivity index (χ0) is 22.1. The number of likely N-dealkylation sites (tertiary alicyclic amines) is 1. The number of carbonyl (C=O) groups is 2. The van der Waals surface area contributed by atoms with Crippen molar-refractivity contribution in [3.8, 4) is 0 Å². The summed E-state index contributed by atoms with van der Waals surface area (Å²) in [6.45, 7) is 3.79. The molecule has 3 aliphatic rings. The summed E-state index contributed by atoms with van der Waals surface area (Å²) >= 11 is 0. The molecule has 0 N–H and O–H groups in total. The van der Waals surface area contributed by atoms with Gasteiger partial charge in [-0.05, 0) is 57.6 Å². The van der Waals surface area contributed by atoms with Gasteiger partial charge < -0.3 is 14.5 Å². The van der Waals surface area contributed by atoms with Gasteiger partial charge >= 0.3 is 0 Å². The standard InChI is InChI=1S/C25H30N4O3/c1-18-16-27-22(17-26-18)24(31)28-12-10-25(11-13-28)15-21(9-14-32-25)29(20-7-8-20)23(30)19-5-3-2-4-6-19/h2-6,16-17,20-21H,7-15H2,1H3. The molecule has 7 nitrogen and oxygen atoms in total. The molecule has 2 aromatic rings. The number of aryl methyl sites for hydroxylation is 1. The van der Waals surface area contributed by atoms with Crippen LogP contribution in [0.2, 0.25) is 0 Å². The topological polar surface area (TPSA) is 75.6 Å². The van der Waals surface area contributed by atoms with E-state index in [1.807, 2.05) is 42.2 Å². The molecule has 0 radical (unpaired) electrons. The zero-order valence-corrected chi connectivity index (χ0v) is 18.6. The Kier molecular flexibility index (Phi) is 5.67. The number of ether oxygens (including phenoxy) is 1. The second kappa shape index (κ2) is 8.62. The van der Waals surface area contributed by atoms with Gasteiger partial charge in [0.2, 0.25) is 0 Å². The van der Waals surface area contributed by atoms with Crippen molar-refractivity contribution in [2.75, 3.05) is 19.7 Å². The van der Waals surface area contributed by atoms with Crippen LogP contribution in [0.1, 0.15) is 65.1 Å². The Labute approximate surface area is 188 Å². The van der Waals surface area contributed by atoms with E-state index < -0.39 is 0 Å². The normalized spacial score (nSPS) is 22.5. The van der Waals surface area contributed by atoms with Crippen molar-refractivity contribution in [3.05, 3.63) is 59.7 Å². The van der Waals surface area contributed by atoms with Gasteiger partial charge in [-0.25, -0.2) is 4.98 Å². The van der Waals surface area contributed by atoms with E-state index in [9.17, 15) is 9.59 Å². The predicted molar refractivity (Wildman–Crippen MR) is 119 cm³/mol. The van der Waals surface area contributed by atoms with Crippen LogP contribution in [0.5, 0.6) is 0 Å². The Bertz CT molecular complexity index is 966. The Morgan fingerprint density at radius 2 is 1.78 bits per heavy atom. The lowest BCUT2D eigenvalue weighted by molar-refractivity contribution is -0.126. The minimum atomic E-state index is -0.261. The van der Waals surface area contributed by atoms with Crippen molar-refractivity contribution in [1.82, 2.24) is 19.8 Å². The largest absolute Gasteiger partial charge is 0.375 e. The van der Waals surface area contributed by atoms with Crippen LogP contribution in [-0.4, -0.2) is 69.0 Å². The van der Waals surface area contributed by atoms with Gasteiger partial charge in [0, 0.05) is 43.5 Å². The first-order valence-electron chi connectivity index (χ1n) is 11.6. The third-order valence-electron chi connectivity index (χ3n) is 7.02. The lowest BCUT2D eigenvalue weighted by Gasteiger charge is -2.48. The fourth-order valence-corrected chi connectivity index (χ4v) is 5.08. The maximum absolute atomic E-state index is 13.3. The van der Waals surface area contributed by atoms with Crippen molar-refractivity contribution in [3.63, 3.8) is 0 Å². The molecule has 1 aromatic heterocycles. The average molecular weight is 435 g/mol. The van der Waals surface area contributed by atoms with Gasteiger partial charge in [-0.15, -0.1) is 0 Å². The number of nitrogens with zero attached hydrogens (tertiary/aromatic N) is 4. The molecule has 1 aliphatic carbocycles. The Hall–Kier alpha value is -2.80. The van der Waals surface area contributed by atoms with E-state index in [0.29, 0.717) is 31.4 Å². The first kappa shape index (κ1) is 21.1. The molecule has 3 fully saturated rings. The maximum Gasteiger partial charge on any atom is 0.274 e. The van der Waals surface area contributed by atoms with E-state index in [0.717, 1.165) is 49.8 Å². The lowest BCUT2D eigenvalue weighted by atomic mass is 9.81. The highest BCUT2D eigenvalue weighted by atomic mass is 16.5. The molecular formula is C25H30N4O3. The van der Waals surface area contributed by atoms with Crippen LogP contribution < -0.4 is 0 Å². The molecule has 2 amide bonds. The molecule has 1 unspecified atom stereocenters. The Morgan fingerprint density at radius 1 is 1.03 bits per heavy atom. The van der Waals surface area contributed by atoms with Crippen LogP contribution in [0.25, 0.3) is 0 Å². The fourth-order valence-electron chi connectivity index (χ4n) is 5.08. The van der Waals surface area contributed by atoms with Crippen molar-refractivity contribution >= 4 is 11.8 Å². The highest BCUT2D eigenvalue weighted by Crippen LogP contribution is 2.40. The highest BCUT2D eigenvalue weighted by Gasteiger charge is 2.46. The second-order valence-electron chi connectivity index (χ2n) is 9.32. The molecule has 1 saturated carbocycles. The van der Waals surface area contributed by atoms with E-state index in [1.165, 1.54) is 0 Å². The lowest BCUT2D eigenvalue weighted by Crippen LogP contribution is -2.55. The van der Waals surface area contributed by atoms with Gasteiger partial charge in [0.15, 0.2) is 0 Å². The number of benzene rings is 1. The number of aromatic nitrogens is 2.